The first-order valence-corrected chi connectivity index (χ1v) is 9.95. The number of fused-ring (bicyclic) bond motifs is 1. The number of para-hydroxylation sites is 1. The van der Waals surface area contributed by atoms with Gasteiger partial charge in [-0.1, -0.05) is 78.9 Å². The maximum absolute atomic E-state index is 12.2. The standard InChI is InChI=1S/C25H24N2O3/c28-24(29)25(30,26-16-15-19-9-3-1-4-10-19)22-18-27(17-20-11-5-2-6-12-20)23-14-8-7-13-21(22)23/h1-14,18,26,30H,15-17H2,(H,28,29). The normalized spacial score (nSPS) is 13.2. The minimum Gasteiger partial charge on any atom is -0.478 e. The van der Waals surface area contributed by atoms with Crippen LogP contribution in [0.5, 0.6) is 0 Å². The third kappa shape index (κ3) is 3.99. The van der Waals surface area contributed by atoms with Crippen molar-refractivity contribution in [3.63, 3.8) is 0 Å². The monoisotopic (exact) mass is 400 g/mol. The fourth-order valence-corrected chi connectivity index (χ4v) is 3.76. The predicted octanol–water partition coefficient (Wildman–Crippen LogP) is 3.75. The van der Waals surface area contributed by atoms with Crippen LogP contribution in [0, 0.1) is 0 Å². The van der Waals surface area contributed by atoms with Crippen LogP contribution in [-0.4, -0.2) is 27.3 Å². The first-order valence-electron chi connectivity index (χ1n) is 9.95. The molecule has 0 radical (unpaired) electrons. The molecule has 0 aliphatic rings. The number of carboxylic acid groups (broad SMARTS) is 1. The summed E-state index contributed by atoms with van der Waals surface area (Å²) in [6, 6.07) is 27.3. The highest BCUT2D eigenvalue weighted by molar-refractivity contribution is 5.91. The fraction of sp³-hybridized carbons (Fsp3) is 0.160. The Morgan fingerprint density at radius 1 is 0.867 bits per heavy atom. The third-order valence-corrected chi connectivity index (χ3v) is 5.32. The molecule has 152 valence electrons. The number of benzene rings is 3. The van der Waals surface area contributed by atoms with Gasteiger partial charge in [0, 0.05) is 35.8 Å². The van der Waals surface area contributed by atoms with Crippen LogP contribution < -0.4 is 5.32 Å². The van der Waals surface area contributed by atoms with Gasteiger partial charge in [0.25, 0.3) is 0 Å². The Morgan fingerprint density at radius 3 is 2.13 bits per heavy atom. The third-order valence-electron chi connectivity index (χ3n) is 5.32. The van der Waals surface area contributed by atoms with E-state index in [9.17, 15) is 15.0 Å². The molecule has 0 aliphatic carbocycles. The van der Waals surface area contributed by atoms with Crippen molar-refractivity contribution < 1.29 is 15.0 Å². The second-order valence-electron chi connectivity index (χ2n) is 7.35. The van der Waals surface area contributed by atoms with Crippen LogP contribution in [0.1, 0.15) is 16.7 Å². The van der Waals surface area contributed by atoms with Crippen molar-refractivity contribution in [3.05, 3.63) is 108 Å². The molecule has 1 aromatic heterocycles. The first kappa shape index (κ1) is 19.9. The van der Waals surface area contributed by atoms with Gasteiger partial charge >= 0.3 is 5.97 Å². The molecule has 0 fully saturated rings. The molecule has 3 aromatic carbocycles. The van der Waals surface area contributed by atoms with E-state index < -0.39 is 11.7 Å². The van der Waals surface area contributed by atoms with Gasteiger partial charge in [0.05, 0.1) is 0 Å². The largest absolute Gasteiger partial charge is 0.478 e. The summed E-state index contributed by atoms with van der Waals surface area (Å²) in [5, 5.41) is 24.7. The molecular formula is C25H24N2O3. The topological polar surface area (TPSA) is 74.5 Å². The number of rotatable bonds is 8. The molecular weight excluding hydrogens is 376 g/mol. The second-order valence-corrected chi connectivity index (χ2v) is 7.35. The molecule has 1 unspecified atom stereocenters. The Morgan fingerprint density at radius 2 is 1.47 bits per heavy atom. The summed E-state index contributed by atoms with van der Waals surface area (Å²) in [4.78, 5) is 12.2. The molecule has 0 spiro atoms. The van der Waals surface area contributed by atoms with E-state index in [2.05, 4.69) is 5.32 Å². The minimum atomic E-state index is -2.18. The van der Waals surface area contributed by atoms with Gasteiger partial charge in [0.1, 0.15) is 0 Å². The molecule has 5 heteroatoms. The highest BCUT2D eigenvalue weighted by atomic mass is 16.4. The summed E-state index contributed by atoms with van der Waals surface area (Å²) < 4.78 is 1.98. The zero-order valence-corrected chi connectivity index (χ0v) is 16.5. The van der Waals surface area contributed by atoms with Gasteiger partial charge in [0.15, 0.2) is 0 Å². The molecule has 3 N–H and O–H groups in total. The average Bonchev–Trinajstić information content (AvgIpc) is 3.14. The zero-order valence-electron chi connectivity index (χ0n) is 16.5. The predicted molar refractivity (Wildman–Crippen MR) is 117 cm³/mol. The number of nitrogens with zero attached hydrogens (tertiary/aromatic N) is 1. The summed E-state index contributed by atoms with van der Waals surface area (Å²) in [7, 11) is 0. The van der Waals surface area contributed by atoms with E-state index in [1.54, 1.807) is 6.20 Å². The van der Waals surface area contributed by atoms with Gasteiger partial charge in [-0.2, -0.15) is 0 Å². The summed E-state index contributed by atoms with van der Waals surface area (Å²) in [5.41, 5.74) is 1.21. The molecule has 0 amide bonds. The van der Waals surface area contributed by atoms with E-state index in [-0.39, 0.29) is 0 Å². The molecule has 1 heterocycles. The Kier molecular flexibility index (Phi) is 5.65. The molecule has 0 saturated heterocycles. The molecule has 1 atom stereocenters. The van der Waals surface area contributed by atoms with Crippen molar-refractivity contribution in [2.75, 3.05) is 6.54 Å². The Bertz CT molecular complexity index is 1140. The van der Waals surface area contributed by atoms with Crippen LogP contribution >= 0.6 is 0 Å². The van der Waals surface area contributed by atoms with E-state index in [0.717, 1.165) is 16.6 Å². The van der Waals surface area contributed by atoms with E-state index in [1.807, 2.05) is 89.5 Å². The smallest absolute Gasteiger partial charge is 0.356 e. The lowest BCUT2D eigenvalue weighted by Crippen LogP contribution is -2.49. The molecule has 4 aromatic rings. The summed E-state index contributed by atoms with van der Waals surface area (Å²) >= 11 is 0. The highest BCUT2D eigenvalue weighted by Gasteiger charge is 2.40. The number of aromatic nitrogens is 1. The first-order chi connectivity index (χ1) is 14.6. The lowest BCUT2D eigenvalue weighted by atomic mass is 10.0. The van der Waals surface area contributed by atoms with Gasteiger partial charge in [-0.3, -0.25) is 5.32 Å². The van der Waals surface area contributed by atoms with Gasteiger partial charge in [-0.25, -0.2) is 4.79 Å². The van der Waals surface area contributed by atoms with Crippen molar-refractivity contribution in [2.24, 2.45) is 0 Å². The Balaban J connectivity index is 1.67. The molecule has 0 saturated carbocycles. The number of hydrogen-bond acceptors (Lipinski definition) is 3. The SMILES string of the molecule is O=C(O)C(O)(NCCc1ccccc1)c1cn(Cc2ccccc2)c2ccccc12. The Hall–Kier alpha value is -3.41. The number of aliphatic hydroxyl groups is 1. The van der Waals surface area contributed by atoms with E-state index >= 15 is 0 Å². The lowest BCUT2D eigenvalue weighted by Gasteiger charge is -2.24. The van der Waals surface area contributed by atoms with Crippen LogP contribution in [0.25, 0.3) is 10.9 Å². The number of carbonyl (C=O) groups is 1. The Labute approximate surface area is 175 Å². The lowest BCUT2D eigenvalue weighted by molar-refractivity contribution is -0.163. The quantitative estimate of drug-likeness (QED) is 0.394. The van der Waals surface area contributed by atoms with Gasteiger partial charge < -0.3 is 14.8 Å². The molecule has 30 heavy (non-hydrogen) atoms. The van der Waals surface area contributed by atoms with Crippen LogP contribution in [-0.2, 0) is 23.5 Å². The summed E-state index contributed by atoms with van der Waals surface area (Å²) in [6.45, 7) is 0.909. The van der Waals surface area contributed by atoms with Crippen molar-refractivity contribution in [1.29, 1.82) is 0 Å². The number of nitrogens with one attached hydrogen (secondary N) is 1. The van der Waals surface area contributed by atoms with Crippen LogP contribution in [0.3, 0.4) is 0 Å². The second kappa shape index (κ2) is 8.53. The molecule has 5 nitrogen and oxygen atoms in total. The highest BCUT2D eigenvalue weighted by Crippen LogP contribution is 2.30. The minimum absolute atomic E-state index is 0.324. The number of carboxylic acids is 1. The van der Waals surface area contributed by atoms with E-state index in [0.29, 0.717) is 30.5 Å². The van der Waals surface area contributed by atoms with Crippen LogP contribution in [0.2, 0.25) is 0 Å². The molecule has 4 rings (SSSR count). The zero-order chi connectivity index (χ0) is 21.0. The van der Waals surface area contributed by atoms with E-state index in [4.69, 9.17) is 0 Å². The summed E-state index contributed by atoms with van der Waals surface area (Å²) in [5.74, 6) is -1.32. The maximum Gasteiger partial charge on any atom is 0.356 e. The van der Waals surface area contributed by atoms with Crippen molar-refractivity contribution in [1.82, 2.24) is 9.88 Å². The van der Waals surface area contributed by atoms with Crippen molar-refractivity contribution >= 4 is 16.9 Å². The van der Waals surface area contributed by atoms with Gasteiger partial charge in [-0.05, 0) is 23.6 Å². The molecule has 0 aliphatic heterocycles. The molecule has 0 bridgehead atoms. The van der Waals surface area contributed by atoms with Crippen molar-refractivity contribution in [2.45, 2.75) is 18.7 Å². The summed E-state index contributed by atoms with van der Waals surface area (Å²) in [6.07, 6.45) is 2.35. The number of hydrogen-bond donors (Lipinski definition) is 3. The van der Waals surface area contributed by atoms with Gasteiger partial charge in [-0.15, -0.1) is 0 Å². The van der Waals surface area contributed by atoms with Crippen LogP contribution in [0.15, 0.2) is 91.1 Å². The van der Waals surface area contributed by atoms with Crippen LogP contribution in [0.4, 0.5) is 0 Å². The van der Waals surface area contributed by atoms with Gasteiger partial charge in [0.2, 0.25) is 5.72 Å². The maximum atomic E-state index is 12.2. The van der Waals surface area contributed by atoms with E-state index in [1.165, 1.54) is 0 Å². The average molecular weight is 400 g/mol. The number of aliphatic carboxylic acids is 1. The van der Waals surface area contributed by atoms with Crippen molar-refractivity contribution in [3.8, 4) is 0 Å². The fourth-order valence-electron chi connectivity index (χ4n) is 3.76.